The first-order valence-corrected chi connectivity index (χ1v) is 7.11. The van der Waals surface area contributed by atoms with E-state index in [4.69, 9.17) is 9.88 Å². The van der Waals surface area contributed by atoms with Crippen LogP contribution in [-0.4, -0.2) is 21.0 Å². The van der Waals surface area contributed by atoms with Gasteiger partial charge >= 0.3 is 5.97 Å². The third-order valence-electron chi connectivity index (χ3n) is 2.04. The molecule has 0 radical (unpaired) electrons. The highest BCUT2D eigenvalue weighted by atomic mass is 79.9. The number of primary sulfonamides is 1. The van der Waals surface area contributed by atoms with Crippen molar-refractivity contribution < 1.29 is 17.9 Å². The summed E-state index contributed by atoms with van der Waals surface area (Å²) < 4.78 is 27.8. The van der Waals surface area contributed by atoms with Crippen LogP contribution in [0.1, 0.15) is 22.8 Å². The maximum Gasteiger partial charge on any atom is 0.338 e. The number of hydrogen-bond donors (Lipinski definition) is 1. The molecule has 17 heavy (non-hydrogen) atoms. The first kappa shape index (κ1) is 14.1. The second kappa shape index (κ2) is 5.16. The highest BCUT2D eigenvalue weighted by molar-refractivity contribution is 9.10. The molecule has 2 N–H and O–H groups in total. The van der Waals surface area contributed by atoms with Crippen LogP contribution >= 0.6 is 15.9 Å². The maximum atomic E-state index is 11.5. The van der Waals surface area contributed by atoms with Crippen LogP contribution in [0.2, 0.25) is 0 Å². The summed E-state index contributed by atoms with van der Waals surface area (Å²) in [6, 6.07) is 2.74. The Morgan fingerprint density at radius 2 is 2.06 bits per heavy atom. The van der Waals surface area contributed by atoms with E-state index in [1.807, 2.05) is 0 Å². The molecule has 0 aliphatic carbocycles. The van der Waals surface area contributed by atoms with Crippen LogP contribution in [0.4, 0.5) is 0 Å². The van der Waals surface area contributed by atoms with Crippen molar-refractivity contribution in [2.24, 2.45) is 5.14 Å². The van der Waals surface area contributed by atoms with E-state index >= 15 is 0 Å². The lowest BCUT2D eigenvalue weighted by Crippen LogP contribution is -2.15. The Hall–Kier alpha value is -0.920. The fraction of sp³-hybridized carbons (Fsp3) is 0.300. The van der Waals surface area contributed by atoms with Crippen molar-refractivity contribution in [2.45, 2.75) is 18.7 Å². The van der Waals surface area contributed by atoms with Crippen molar-refractivity contribution in [1.29, 1.82) is 0 Å². The molecule has 0 unspecified atom stereocenters. The van der Waals surface area contributed by atoms with Gasteiger partial charge in [0.05, 0.1) is 17.1 Å². The van der Waals surface area contributed by atoms with Gasteiger partial charge in [-0.15, -0.1) is 0 Å². The summed E-state index contributed by atoms with van der Waals surface area (Å²) in [7, 11) is -3.88. The molecule has 1 aromatic carbocycles. The molecule has 0 atom stereocenters. The highest BCUT2D eigenvalue weighted by Crippen LogP contribution is 2.26. The summed E-state index contributed by atoms with van der Waals surface area (Å²) in [6.45, 7) is 3.56. The van der Waals surface area contributed by atoms with Gasteiger partial charge in [0.25, 0.3) is 0 Å². The minimum absolute atomic E-state index is 0.124. The number of rotatable bonds is 3. The van der Waals surface area contributed by atoms with Crippen LogP contribution < -0.4 is 5.14 Å². The molecule has 0 aromatic heterocycles. The lowest BCUT2D eigenvalue weighted by atomic mass is 10.1. The molecule has 0 aliphatic rings. The predicted molar refractivity (Wildman–Crippen MR) is 66.2 cm³/mol. The Kier molecular flexibility index (Phi) is 4.29. The molecule has 0 saturated carbocycles. The number of benzene rings is 1. The van der Waals surface area contributed by atoms with Crippen molar-refractivity contribution in [3.05, 3.63) is 27.7 Å². The Labute approximate surface area is 108 Å². The SMILES string of the molecule is CCOC(=O)c1cc(C)c(Br)c(S(N)(=O)=O)c1. The monoisotopic (exact) mass is 321 g/mol. The lowest BCUT2D eigenvalue weighted by Gasteiger charge is -2.08. The molecule has 94 valence electrons. The number of ether oxygens (including phenoxy) is 1. The zero-order chi connectivity index (χ0) is 13.2. The molecule has 1 aromatic rings. The zero-order valence-electron chi connectivity index (χ0n) is 9.36. The van der Waals surface area contributed by atoms with Crippen LogP contribution in [0.25, 0.3) is 0 Å². The van der Waals surface area contributed by atoms with Gasteiger partial charge in [-0.1, -0.05) is 0 Å². The molecule has 0 bridgehead atoms. The average molecular weight is 322 g/mol. The van der Waals surface area contributed by atoms with Gasteiger partial charge in [-0.05, 0) is 47.5 Å². The van der Waals surface area contributed by atoms with Crippen LogP contribution in [0.3, 0.4) is 0 Å². The van der Waals surface area contributed by atoms with E-state index in [1.54, 1.807) is 13.8 Å². The van der Waals surface area contributed by atoms with Gasteiger partial charge in [0.1, 0.15) is 0 Å². The average Bonchev–Trinajstić information content (AvgIpc) is 2.20. The fourth-order valence-corrected chi connectivity index (χ4v) is 2.88. The predicted octanol–water partition coefficient (Wildman–Crippen LogP) is 1.58. The number of sulfonamides is 1. The molecule has 1 rings (SSSR count). The van der Waals surface area contributed by atoms with Crippen molar-refractivity contribution in [3.63, 3.8) is 0 Å². The maximum absolute atomic E-state index is 11.5. The zero-order valence-corrected chi connectivity index (χ0v) is 11.8. The minimum atomic E-state index is -3.88. The lowest BCUT2D eigenvalue weighted by molar-refractivity contribution is 0.0526. The van der Waals surface area contributed by atoms with E-state index < -0.39 is 16.0 Å². The molecule has 0 fully saturated rings. The summed E-state index contributed by atoms with van der Waals surface area (Å²) in [5.41, 5.74) is 0.760. The number of hydrogen-bond acceptors (Lipinski definition) is 4. The Morgan fingerprint density at radius 3 is 2.53 bits per heavy atom. The normalized spacial score (nSPS) is 11.3. The Balaban J connectivity index is 3.39. The van der Waals surface area contributed by atoms with Crippen molar-refractivity contribution in [3.8, 4) is 0 Å². The van der Waals surface area contributed by atoms with Crippen molar-refractivity contribution >= 4 is 31.9 Å². The number of esters is 1. The van der Waals surface area contributed by atoms with Crippen LogP contribution in [-0.2, 0) is 14.8 Å². The van der Waals surface area contributed by atoms with Crippen molar-refractivity contribution in [2.75, 3.05) is 6.61 Å². The summed E-state index contributed by atoms with van der Waals surface area (Å²) in [5.74, 6) is -0.576. The van der Waals surface area contributed by atoms with Gasteiger partial charge < -0.3 is 4.74 Å². The third-order valence-corrected chi connectivity index (χ3v) is 4.29. The number of carbonyl (C=O) groups excluding carboxylic acids is 1. The molecule has 0 aliphatic heterocycles. The largest absolute Gasteiger partial charge is 0.462 e. The molecule has 0 spiro atoms. The molecule has 0 amide bonds. The molecule has 0 heterocycles. The molecular formula is C10H12BrNO4S. The Morgan fingerprint density at radius 1 is 1.47 bits per heavy atom. The van der Waals surface area contributed by atoms with E-state index in [2.05, 4.69) is 15.9 Å². The first-order valence-electron chi connectivity index (χ1n) is 4.77. The van der Waals surface area contributed by atoms with Gasteiger partial charge in [0.2, 0.25) is 10.0 Å². The van der Waals surface area contributed by atoms with Gasteiger partial charge in [-0.2, -0.15) is 0 Å². The highest BCUT2D eigenvalue weighted by Gasteiger charge is 2.18. The summed E-state index contributed by atoms with van der Waals surface area (Å²) in [6.07, 6.45) is 0. The van der Waals surface area contributed by atoms with Gasteiger partial charge in [0.15, 0.2) is 0 Å². The van der Waals surface area contributed by atoms with Crippen molar-refractivity contribution in [1.82, 2.24) is 0 Å². The first-order chi connectivity index (χ1) is 7.77. The Bertz CT molecular complexity index is 554. The van der Waals surface area contributed by atoms with Gasteiger partial charge in [0, 0.05) is 4.47 Å². The van der Waals surface area contributed by atoms with E-state index in [9.17, 15) is 13.2 Å². The van der Waals surface area contributed by atoms with Crippen LogP contribution in [0.15, 0.2) is 21.5 Å². The van der Waals surface area contributed by atoms with Crippen LogP contribution in [0.5, 0.6) is 0 Å². The molecule has 7 heteroatoms. The summed E-state index contributed by atoms with van der Waals surface area (Å²) >= 11 is 3.13. The standard InChI is InChI=1S/C10H12BrNO4S/c1-3-16-10(13)7-4-6(2)9(11)8(5-7)17(12,14)15/h4-5H,3H2,1-2H3,(H2,12,14,15). The molecule has 0 saturated heterocycles. The van der Waals surface area contributed by atoms with E-state index in [1.165, 1.54) is 12.1 Å². The number of halogens is 1. The van der Waals surface area contributed by atoms with Gasteiger partial charge in [-0.3, -0.25) is 0 Å². The van der Waals surface area contributed by atoms with Crippen LogP contribution in [0, 0.1) is 6.92 Å². The summed E-state index contributed by atoms with van der Waals surface area (Å²) in [5, 5.41) is 5.06. The molecule has 5 nitrogen and oxygen atoms in total. The summed E-state index contributed by atoms with van der Waals surface area (Å²) in [4.78, 5) is 11.4. The van der Waals surface area contributed by atoms with E-state index in [0.717, 1.165) is 0 Å². The molecular weight excluding hydrogens is 310 g/mol. The second-order valence-electron chi connectivity index (χ2n) is 3.37. The topological polar surface area (TPSA) is 86.5 Å². The third kappa shape index (κ3) is 3.27. The quantitative estimate of drug-likeness (QED) is 0.856. The van der Waals surface area contributed by atoms with E-state index in [0.29, 0.717) is 10.0 Å². The fourth-order valence-electron chi connectivity index (χ4n) is 1.28. The smallest absolute Gasteiger partial charge is 0.338 e. The number of nitrogens with two attached hydrogens (primary N) is 1. The number of aryl methyl sites for hydroxylation is 1. The van der Waals surface area contributed by atoms with Gasteiger partial charge in [-0.25, -0.2) is 18.4 Å². The van der Waals surface area contributed by atoms with E-state index in [-0.39, 0.29) is 17.1 Å². The second-order valence-corrected chi connectivity index (χ2v) is 5.69. The number of carbonyl (C=O) groups is 1. The minimum Gasteiger partial charge on any atom is -0.462 e.